The number of nitriles is 1. The maximum absolute atomic E-state index is 13.3. The molecule has 1 heterocycles. The second-order valence-corrected chi connectivity index (χ2v) is 6.75. The second kappa shape index (κ2) is 5.87. The van der Waals surface area contributed by atoms with E-state index < -0.39 is 15.8 Å². The van der Waals surface area contributed by atoms with E-state index in [1.807, 2.05) is 7.05 Å². The molecule has 108 valence electrons. The standard InChI is InChI=1S/C13H16FN3O2S/c1-16-5-2-6-17(8-7-16)20(18,19)12-3-4-13(14)11(9-12)10-15/h3-4,9H,2,5-8H2,1H3. The van der Waals surface area contributed by atoms with Crippen molar-refractivity contribution in [2.24, 2.45) is 0 Å². The number of nitrogens with zero attached hydrogens (tertiary/aromatic N) is 3. The van der Waals surface area contributed by atoms with Crippen LogP contribution in [-0.2, 0) is 10.0 Å². The number of halogens is 1. The summed E-state index contributed by atoms with van der Waals surface area (Å²) in [5.74, 6) is -0.706. The van der Waals surface area contributed by atoms with Crippen LogP contribution >= 0.6 is 0 Å². The lowest BCUT2D eigenvalue weighted by molar-refractivity contribution is 0.347. The van der Waals surface area contributed by atoms with Crippen molar-refractivity contribution in [3.8, 4) is 6.07 Å². The van der Waals surface area contributed by atoms with Gasteiger partial charge in [-0.25, -0.2) is 12.8 Å². The molecule has 1 aliphatic rings. The van der Waals surface area contributed by atoms with Crippen LogP contribution in [0.5, 0.6) is 0 Å². The van der Waals surface area contributed by atoms with Crippen molar-refractivity contribution in [3.05, 3.63) is 29.6 Å². The number of rotatable bonds is 2. The average molecular weight is 297 g/mol. The van der Waals surface area contributed by atoms with E-state index in [4.69, 9.17) is 5.26 Å². The van der Waals surface area contributed by atoms with Gasteiger partial charge in [0.2, 0.25) is 10.0 Å². The molecule has 2 rings (SSSR count). The molecule has 0 bridgehead atoms. The molecule has 1 fully saturated rings. The minimum atomic E-state index is -3.67. The SMILES string of the molecule is CN1CCCN(S(=O)(=O)c2ccc(F)c(C#N)c2)CC1. The first kappa shape index (κ1) is 14.9. The van der Waals surface area contributed by atoms with Crippen LogP contribution in [0.25, 0.3) is 0 Å². The highest BCUT2D eigenvalue weighted by atomic mass is 32.2. The van der Waals surface area contributed by atoms with Crippen LogP contribution in [0.1, 0.15) is 12.0 Å². The molecule has 0 atom stereocenters. The lowest BCUT2D eigenvalue weighted by atomic mass is 10.2. The van der Waals surface area contributed by atoms with E-state index in [1.54, 1.807) is 6.07 Å². The molecule has 5 nitrogen and oxygen atoms in total. The van der Waals surface area contributed by atoms with Crippen LogP contribution in [0.4, 0.5) is 4.39 Å². The molecule has 20 heavy (non-hydrogen) atoms. The summed E-state index contributed by atoms with van der Waals surface area (Å²) >= 11 is 0. The van der Waals surface area contributed by atoms with Crippen molar-refractivity contribution >= 4 is 10.0 Å². The van der Waals surface area contributed by atoms with Crippen molar-refractivity contribution in [3.63, 3.8) is 0 Å². The second-order valence-electron chi connectivity index (χ2n) is 4.81. The predicted octanol–water partition coefficient (Wildman–Crippen LogP) is 1.02. The van der Waals surface area contributed by atoms with Crippen LogP contribution in [-0.4, -0.2) is 50.8 Å². The monoisotopic (exact) mass is 297 g/mol. The van der Waals surface area contributed by atoms with Gasteiger partial charge in [0.1, 0.15) is 11.9 Å². The molecule has 1 aromatic carbocycles. The molecule has 0 N–H and O–H groups in total. The van der Waals surface area contributed by atoms with Gasteiger partial charge >= 0.3 is 0 Å². The van der Waals surface area contributed by atoms with Crippen molar-refractivity contribution in [2.75, 3.05) is 33.2 Å². The van der Waals surface area contributed by atoms with Gasteiger partial charge in [0.15, 0.2) is 0 Å². The van der Waals surface area contributed by atoms with Gasteiger partial charge in [-0.15, -0.1) is 0 Å². The first-order valence-corrected chi connectivity index (χ1v) is 7.77. The molecule has 0 radical (unpaired) electrons. The Morgan fingerprint density at radius 2 is 2.00 bits per heavy atom. The highest BCUT2D eigenvalue weighted by Gasteiger charge is 2.26. The fourth-order valence-corrected chi connectivity index (χ4v) is 3.66. The van der Waals surface area contributed by atoms with Gasteiger partial charge in [-0.05, 0) is 38.2 Å². The molecular weight excluding hydrogens is 281 g/mol. The first-order valence-electron chi connectivity index (χ1n) is 6.33. The summed E-state index contributed by atoms with van der Waals surface area (Å²) in [7, 11) is -1.72. The van der Waals surface area contributed by atoms with E-state index in [1.165, 1.54) is 10.4 Å². The van der Waals surface area contributed by atoms with E-state index in [9.17, 15) is 12.8 Å². The molecule has 1 aromatic rings. The topological polar surface area (TPSA) is 64.4 Å². The highest BCUT2D eigenvalue weighted by molar-refractivity contribution is 7.89. The lowest BCUT2D eigenvalue weighted by Crippen LogP contribution is -2.34. The maximum atomic E-state index is 13.3. The summed E-state index contributed by atoms with van der Waals surface area (Å²) < 4.78 is 39.7. The van der Waals surface area contributed by atoms with E-state index in [0.717, 1.165) is 25.1 Å². The molecule has 1 aliphatic heterocycles. The van der Waals surface area contributed by atoms with Crippen molar-refractivity contribution in [1.82, 2.24) is 9.21 Å². The molecule has 7 heteroatoms. The minimum absolute atomic E-state index is 0.0278. The molecule has 0 spiro atoms. The van der Waals surface area contributed by atoms with E-state index in [0.29, 0.717) is 19.6 Å². The third-order valence-corrected chi connectivity index (χ3v) is 5.27. The molecule has 0 aliphatic carbocycles. The number of hydrogen-bond donors (Lipinski definition) is 0. The Balaban J connectivity index is 2.33. The Morgan fingerprint density at radius 3 is 2.70 bits per heavy atom. The van der Waals surface area contributed by atoms with Crippen LogP contribution < -0.4 is 0 Å². The number of benzene rings is 1. The smallest absolute Gasteiger partial charge is 0.243 e. The lowest BCUT2D eigenvalue weighted by Gasteiger charge is -2.20. The molecule has 0 unspecified atom stereocenters. The third-order valence-electron chi connectivity index (χ3n) is 3.37. The van der Waals surface area contributed by atoms with Gasteiger partial charge < -0.3 is 4.90 Å². The Labute approximate surface area is 118 Å². The summed E-state index contributed by atoms with van der Waals surface area (Å²) in [5, 5.41) is 8.79. The largest absolute Gasteiger partial charge is 0.305 e. The summed E-state index contributed by atoms with van der Waals surface area (Å²) in [5.41, 5.74) is -0.252. The number of sulfonamides is 1. The van der Waals surface area contributed by atoms with Gasteiger partial charge in [0, 0.05) is 19.6 Å². The summed E-state index contributed by atoms with van der Waals surface area (Å²) in [4.78, 5) is 2.04. The van der Waals surface area contributed by atoms with Crippen LogP contribution in [0.3, 0.4) is 0 Å². The average Bonchev–Trinajstić information content (AvgIpc) is 2.64. The van der Waals surface area contributed by atoms with Gasteiger partial charge in [-0.2, -0.15) is 9.57 Å². The normalized spacial score (nSPS) is 18.4. The van der Waals surface area contributed by atoms with E-state index in [-0.39, 0.29) is 10.5 Å². The first-order chi connectivity index (χ1) is 9.45. The Hall–Kier alpha value is -1.49. The van der Waals surface area contributed by atoms with E-state index in [2.05, 4.69) is 4.90 Å². The van der Waals surface area contributed by atoms with Gasteiger partial charge in [0.05, 0.1) is 10.5 Å². The van der Waals surface area contributed by atoms with Crippen LogP contribution in [0.2, 0.25) is 0 Å². The summed E-state index contributed by atoms with van der Waals surface area (Å²) in [6.45, 7) is 2.34. The molecule has 0 aromatic heterocycles. The van der Waals surface area contributed by atoms with E-state index >= 15 is 0 Å². The fourth-order valence-electron chi connectivity index (χ4n) is 2.16. The Bertz CT molecular complexity index is 640. The Morgan fingerprint density at radius 1 is 1.25 bits per heavy atom. The number of hydrogen-bond acceptors (Lipinski definition) is 4. The molecule has 0 saturated carbocycles. The van der Waals surface area contributed by atoms with Crippen molar-refractivity contribution in [2.45, 2.75) is 11.3 Å². The van der Waals surface area contributed by atoms with Crippen molar-refractivity contribution in [1.29, 1.82) is 5.26 Å². The molecular formula is C13H16FN3O2S. The number of likely N-dealkylation sites (N-methyl/N-ethyl adjacent to an activating group) is 1. The minimum Gasteiger partial charge on any atom is -0.305 e. The zero-order valence-electron chi connectivity index (χ0n) is 11.2. The Kier molecular flexibility index (Phi) is 4.38. The zero-order valence-corrected chi connectivity index (χ0v) is 12.0. The predicted molar refractivity (Wildman–Crippen MR) is 72.0 cm³/mol. The van der Waals surface area contributed by atoms with Gasteiger partial charge in [0.25, 0.3) is 0 Å². The highest BCUT2D eigenvalue weighted by Crippen LogP contribution is 2.20. The third kappa shape index (κ3) is 2.98. The maximum Gasteiger partial charge on any atom is 0.243 e. The van der Waals surface area contributed by atoms with Gasteiger partial charge in [-0.1, -0.05) is 0 Å². The fraction of sp³-hybridized carbons (Fsp3) is 0.462. The van der Waals surface area contributed by atoms with Crippen molar-refractivity contribution < 1.29 is 12.8 Å². The van der Waals surface area contributed by atoms with Gasteiger partial charge in [-0.3, -0.25) is 0 Å². The quantitative estimate of drug-likeness (QED) is 0.817. The van der Waals surface area contributed by atoms with Crippen LogP contribution in [0, 0.1) is 17.1 Å². The zero-order chi connectivity index (χ0) is 14.8. The summed E-state index contributed by atoms with van der Waals surface area (Å²) in [6.07, 6.45) is 0.752. The molecule has 1 saturated heterocycles. The van der Waals surface area contributed by atoms with Crippen LogP contribution in [0.15, 0.2) is 23.1 Å². The summed E-state index contributed by atoms with van der Waals surface area (Å²) in [6, 6.07) is 4.99. The molecule has 0 amide bonds.